The van der Waals surface area contributed by atoms with Crippen LogP contribution < -0.4 is 16.4 Å². The number of hydrogen-bond donors (Lipinski definition) is 5. The molecule has 0 fully saturated rings. The Bertz CT molecular complexity index is 657. The van der Waals surface area contributed by atoms with Crippen molar-refractivity contribution in [3.63, 3.8) is 0 Å². The van der Waals surface area contributed by atoms with Gasteiger partial charge < -0.3 is 30.7 Å². The first kappa shape index (κ1) is 27.1. The first-order valence-corrected chi connectivity index (χ1v) is 9.59. The van der Waals surface area contributed by atoms with E-state index in [2.05, 4.69) is 20.1 Å². The van der Waals surface area contributed by atoms with Crippen LogP contribution in [0.25, 0.3) is 0 Å². The Morgan fingerprint density at radius 3 is 2.13 bits per heavy atom. The van der Waals surface area contributed by atoms with E-state index in [1.54, 1.807) is 0 Å². The molecule has 0 aliphatic carbocycles. The second-order valence-corrected chi connectivity index (χ2v) is 7.09. The summed E-state index contributed by atoms with van der Waals surface area (Å²) in [7, 11) is 2.23. The molecule has 170 valence electrons. The van der Waals surface area contributed by atoms with Crippen LogP contribution in [-0.4, -0.2) is 89.8 Å². The molecule has 0 bridgehead atoms. The number of amides is 2. The van der Waals surface area contributed by atoms with E-state index in [-0.39, 0.29) is 25.0 Å². The van der Waals surface area contributed by atoms with Gasteiger partial charge in [0, 0.05) is 12.2 Å². The molecule has 0 saturated carbocycles. The van der Waals surface area contributed by atoms with Gasteiger partial charge >= 0.3 is 23.9 Å². The zero-order valence-electron chi connectivity index (χ0n) is 16.4. The van der Waals surface area contributed by atoms with Gasteiger partial charge in [-0.2, -0.15) is 0 Å². The van der Waals surface area contributed by atoms with Crippen LogP contribution in [0.2, 0.25) is 0 Å². The zero-order valence-corrected chi connectivity index (χ0v) is 17.2. The third-order valence-corrected chi connectivity index (χ3v) is 4.91. The molecule has 30 heavy (non-hydrogen) atoms. The van der Waals surface area contributed by atoms with Gasteiger partial charge in [-0.3, -0.25) is 34.1 Å². The molecule has 0 aromatic rings. The molecular weight excluding hydrogens is 426 g/mol. The number of carboxylic acid groups (broad SMARTS) is 2. The molecule has 0 saturated heterocycles. The first-order valence-electron chi connectivity index (χ1n) is 8.54. The molecule has 0 radical (unpaired) electrons. The average molecular weight is 451 g/mol. The third kappa shape index (κ3) is 11.2. The Labute approximate surface area is 176 Å². The fourth-order valence-corrected chi connectivity index (χ4v) is 3.24. The number of thioether (sulfide) groups is 1. The van der Waals surface area contributed by atoms with Gasteiger partial charge in [0.15, 0.2) is 0 Å². The zero-order chi connectivity index (χ0) is 23.3. The van der Waals surface area contributed by atoms with Crippen LogP contribution in [0.15, 0.2) is 0 Å². The summed E-state index contributed by atoms with van der Waals surface area (Å²) < 4.78 is 9.11. The van der Waals surface area contributed by atoms with Crippen LogP contribution in [0.3, 0.4) is 0 Å². The molecule has 6 N–H and O–H groups in total. The van der Waals surface area contributed by atoms with Crippen LogP contribution >= 0.6 is 11.8 Å². The lowest BCUT2D eigenvalue weighted by atomic mass is 10.1. The van der Waals surface area contributed by atoms with Crippen molar-refractivity contribution in [1.29, 1.82) is 0 Å². The SMILES string of the molecule is COC(=O)CC(SC[C@H](N[C@@H](CCC(N)=O)C(=O)O)C(=O)NCC(=O)O)C(=O)OC. The number of esters is 2. The second-order valence-electron chi connectivity index (χ2n) is 5.85. The van der Waals surface area contributed by atoms with Crippen LogP contribution in [0, 0.1) is 0 Å². The maximum atomic E-state index is 12.3. The van der Waals surface area contributed by atoms with Gasteiger partial charge in [-0.25, -0.2) is 0 Å². The quantitative estimate of drug-likeness (QED) is 0.166. The summed E-state index contributed by atoms with van der Waals surface area (Å²) in [5, 5.41) is 21.6. The van der Waals surface area contributed by atoms with Crippen molar-refractivity contribution in [3.05, 3.63) is 0 Å². The average Bonchev–Trinajstić information content (AvgIpc) is 2.68. The lowest BCUT2D eigenvalue weighted by Gasteiger charge is -2.23. The maximum absolute atomic E-state index is 12.3. The van der Waals surface area contributed by atoms with Crippen LogP contribution in [-0.2, 0) is 38.2 Å². The molecular formula is C16H25N3O10S. The molecule has 14 heteroatoms. The van der Waals surface area contributed by atoms with Crippen molar-refractivity contribution in [2.45, 2.75) is 36.6 Å². The van der Waals surface area contributed by atoms with Gasteiger partial charge in [-0.1, -0.05) is 0 Å². The van der Waals surface area contributed by atoms with Gasteiger partial charge in [0.25, 0.3) is 0 Å². The highest BCUT2D eigenvalue weighted by Gasteiger charge is 2.30. The van der Waals surface area contributed by atoms with Crippen molar-refractivity contribution < 1.29 is 48.5 Å². The fourth-order valence-electron chi connectivity index (χ4n) is 2.08. The predicted molar refractivity (Wildman–Crippen MR) is 102 cm³/mol. The number of nitrogens with one attached hydrogen (secondary N) is 2. The lowest BCUT2D eigenvalue weighted by Crippen LogP contribution is -2.53. The Hall–Kier alpha value is -2.87. The van der Waals surface area contributed by atoms with E-state index in [0.717, 1.165) is 26.0 Å². The molecule has 0 aliphatic rings. The minimum absolute atomic E-state index is 0.220. The largest absolute Gasteiger partial charge is 0.480 e. The summed E-state index contributed by atoms with van der Waals surface area (Å²) in [4.78, 5) is 68.7. The Kier molecular flexibility index (Phi) is 12.8. The molecule has 0 aromatic heterocycles. The van der Waals surface area contributed by atoms with Crippen molar-refractivity contribution in [3.8, 4) is 0 Å². The molecule has 0 aromatic carbocycles. The third-order valence-electron chi connectivity index (χ3n) is 3.62. The van der Waals surface area contributed by atoms with E-state index in [1.807, 2.05) is 0 Å². The Balaban J connectivity index is 5.38. The summed E-state index contributed by atoms with van der Waals surface area (Å²) in [6.07, 6.45) is -0.852. The van der Waals surface area contributed by atoms with Crippen molar-refractivity contribution in [2.24, 2.45) is 5.73 Å². The number of carbonyl (C=O) groups is 6. The number of primary amides is 1. The molecule has 3 atom stereocenters. The van der Waals surface area contributed by atoms with Gasteiger partial charge in [0.1, 0.15) is 17.8 Å². The number of ether oxygens (including phenoxy) is 2. The van der Waals surface area contributed by atoms with E-state index < -0.39 is 59.6 Å². The van der Waals surface area contributed by atoms with Crippen LogP contribution in [0.5, 0.6) is 0 Å². The van der Waals surface area contributed by atoms with E-state index in [9.17, 15) is 33.9 Å². The Morgan fingerprint density at radius 1 is 1.03 bits per heavy atom. The number of rotatable bonds is 15. The van der Waals surface area contributed by atoms with Crippen LogP contribution in [0.4, 0.5) is 0 Å². The molecule has 0 heterocycles. The monoisotopic (exact) mass is 451 g/mol. The summed E-state index contributed by atoms with van der Waals surface area (Å²) in [5.41, 5.74) is 5.02. The molecule has 2 amide bonds. The first-order chi connectivity index (χ1) is 14.0. The highest BCUT2D eigenvalue weighted by atomic mass is 32.2. The number of carbonyl (C=O) groups excluding carboxylic acids is 4. The van der Waals surface area contributed by atoms with Gasteiger partial charge in [0.2, 0.25) is 11.8 Å². The van der Waals surface area contributed by atoms with E-state index in [0.29, 0.717) is 0 Å². The molecule has 13 nitrogen and oxygen atoms in total. The maximum Gasteiger partial charge on any atom is 0.322 e. The predicted octanol–water partition coefficient (Wildman–Crippen LogP) is -2.30. The summed E-state index contributed by atoms with van der Waals surface area (Å²) >= 11 is 0.816. The standard InChI is InChI=1S/C16H25N3O10S/c1-28-13(23)5-10(16(27)29-2)30-7-9(14(24)18-6-12(21)22)19-8(15(25)26)3-4-11(17)20/h8-10,19H,3-7H2,1-2H3,(H2,17,20)(H,18,24)(H,21,22)(H,25,26)/t8-,9-,10?/m0/s1. The number of aliphatic carboxylic acids is 2. The molecule has 0 spiro atoms. The Morgan fingerprint density at radius 2 is 1.67 bits per heavy atom. The summed E-state index contributed by atoms with van der Waals surface area (Å²) in [6.45, 7) is -0.719. The van der Waals surface area contributed by atoms with Crippen LogP contribution in [0.1, 0.15) is 19.3 Å². The minimum Gasteiger partial charge on any atom is -0.480 e. The number of carboxylic acids is 2. The van der Waals surface area contributed by atoms with Crippen molar-refractivity contribution >= 4 is 47.5 Å². The molecule has 0 aliphatic heterocycles. The second kappa shape index (κ2) is 14.2. The fraction of sp³-hybridized carbons (Fsp3) is 0.625. The number of nitrogens with two attached hydrogens (primary N) is 1. The number of hydrogen-bond acceptors (Lipinski definition) is 10. The van der Waals surface area contributed by atoms with Gasteiger partial charge in [0.05, 0.1) is 26.7 Å². The topological polar surface area (TPSA) is 211 Å². The van der Waals surface area contributed by atoms with Crippen molar-refractivity contribution in [1.82, 2.24) is 10.6 Å². The summed E-state index contributed by atoms with van der Waals surface area (Å²) in [5.74, 6) is -5.97. The molecule has 0 rings (SSSR count). The van der Waals surface area contributed by atoms with E-state index in [1.165, 1.54) is 0 Å². The van der Waals surface area contributed by atoms with Gasteiger partial charge in [-0.15, -0.1) is 11.8 Å². The normalized spacial score (nSPS) is 13.4. The molecule has 1 unspecified atom stereocenters. The van der Waals surface area contributed by atoms with Gasteiger partial charge in [-0.05, 0) is 6.42 Å². The smallest absolute Gasteiger partial charge is 0.322 e. The van der Waals surface area contributed by atoms with E-state index >= 15 is 0 Å². The van der Waals surface area contributed by atoms with E-state index in [4.69, 9.17) is 10.8 Å². The highest BCUT2D eigenvalue weighted by Crippen LogP contribution is 2.19. The number of methoxy groups -OCH3 is 2. The van der Waals surface area contributed by atoms with Crippen molar-refractivity contribution in [2.75, 3.05) is 26.5 Å². The highest BCUT2D eigenvalue weighted by molar-refractivity contribution is 8.00. The summed E-state index contributed by atoms with van der Waals surface area (Å²) in [6, 6.07) is -2.62. The lowest BCUT2D eigenvalue weighted by molar-refractivity contribution is -0.146. The minimum atomic E-state index is -1.36.